The van der Waals surface area contributed by atoms with Crippen molar-refractivity contribution in [2.24, 2.45) is 5.92 Å². The van der Waals surface area contributed by atoms with Gasteiger partial charge >= 0.3 is 12.0 Å². The van der Waals surface area contributed by atoms with Crippen molar-refractivity contribution in [1.82, 2.24) is 10.2 Å². The van der Waals surface area contributed by atoms with Crippen LogP contribution in [-0.2, 0) is 22.4 Å². The average Bonchev–Trinajstić information content (AvgIpc) is 2.92. The summed E-state index contributed by atoms with van der Waals surface area (Å²) in [7, 11) is 3.14. The molecule has 0 atom stereocenters. The first kappa shape index (κ1) is 28.8. The van der Waals surface area contributed by atoms with Gasteiger partial charge in [0.1, 0.15) is 23.3 Å². The van der Waals surface area contributed by atoms with Crippen LogP contribution < -0.4 is 19.7 Å². The van der Waals surface area contributed by atoms with Gasteiger partial charge in [-0.3, -0.25) is 4.79 Å². The Hall–Kier alpha value is -3.75. The van der Waals surface area contributed by atoms with Crippen molar-refractivity contribution in [3.63, 3.8) is 0 Å². The summed E-state index contributed by atoms with van der Waals surface area (Å²) < 4.78 is 10.6. The molecule has 1 aliphatic rings. The van der Waals surface area contributed by atoms with Crippen molar-refractivity contribution in [1.29, 1.82) is 0 Å². The summed E-state index contributed by atoms with van der Waals surface area (Å²) in [4.78, 5) is 41.1. The van der Waals surface area contributed by atoms with E-state index >= 15 is 0 Å². The molecule has 1 heterocycles. The molecule has 1 aliphatic heterocycles. The average molecular weight is 526 g/mol. The van der Waals surface area contributed by atoms with E-state index in [0.717, 1.165) is 23.3 Å². The molecule has 0 spiro atoms. The van der Waals surface area contributed by atoms with Crippen LogP contribution in [0.4, 0.5) is 10.5 Å². The van der Waals surface area contributed by atoms with E-state index in [-0.39, 0.29) is 18.4 Å². The van der Waals surface area contributed by atoms with Gasteiger partial charge in [0.15, 0.2) is 0 Å². The second-order valence-electron chi connectivity index (χ2n) is 10.1. The van der Waals surface area contributed by atoms with Crippen molar-refractivity contribution < 1.29 is 29.0 Å². The number of aliphatic carboxylic acids is 1. The van der Waals surface area contributed by atoms with Crippen LogP contribution in [0.5, 0.6) is 11.5 Å². The summed E-state index contributed by atoms with van der Waals surface area (Å²) in [6.07, 6.45) is 2.33. The van der Waals surface area contributed by atoms with Gasteiger partial charge in [0.05, 0.1) is 20.6 Å². The first-order valence-electron chi connectivity index (χ1n) is 13.0. The lowest BCUT2D eigenvalue weighted by Gasteiger charge is -2.46. The number of aldehydes is 1. The normalized spacial score (nSPS) is 14.6. The standard InChI is InChI=1S/C29H39N3O6/c1-21(2)19-30-28(36)32(14-11-22-5-8-25(37-3)9-6-22)29(20-33)12-15-31(16-13-29)24-7-10-26(38-4)23(17-24)18-27(34)35/h5-10,17,20-21H,11-16,18-19H2,1-4H3,(H,30,36)(H,34,35). The Bertz CT molecular complexity index is 1090. The number of carboxylic acids is 1. The number of carbonyl (C=O) groups excluding carboxylic acids is 2. The molecule has 1 fully saturated rings. The summed E-state index contributed by atoms with van der Waals surface area (Å²) in [6, 6.07) is 13.0. The van der Waals surface area contributed by atoms with E-state index in [1.54, 1.807) is 18.1 Å². The fourth-order valence-corrected chi connectivity index (χ4v) is 4.81. The number of ether oxygens (including phenoxy) is 2. The zero-order chi connectivity index (χ0) is 27.7. The molecule has 38 heavy (non-hydrogen) atoms. The monoisotopic (exact) mass is 525 g/mol. The quantitative estimate of drug-likeness (QED) is 0.406. The number of urea groups is 1. The van der Waals surface area contributed by atoms with Crippen LogP contribution in [0.25, 0.3) is 0 Å². The van der Waals surface area contributed by atoms with E-state index in [1.807, 2.05) is 50.2 Å². The predicted octanol–water partition coefficient (Wildman–Crippen LogP) is 3.78. The number of carbonyl (C=O) groups is 3. The summed E-state index contributed by atoms with van der Waals surface area (Å²) in [5.41, 5.74) is 1.59. The van der Waals surface area contributed by atoms with E-state index in [1.165, 1.54) is 7.11 Å². The Morgan fingerprint density at radius 3 is 2.34 bits per heavy atom. The van der Waals surface area contributed by atoms with Gasteiger partial charge in [-0.15, -0.1) is 0 Å². The third-order valence-electron chi connectivity index (χ3n) is 7.05. The molecule has 9 heteroatoms. The number of hydrogen-bond acceptors (Lipinski definition) is 6. The van der Waals surface area contributed by atoms with Gasteiger partial charge in [0.2, 0.25) is 0 Å². The highest BCUT2D eigenvalue weighted by Gasteiger charge is 2.42. The van der Waals surface area contributed by atoms with Gasteiger partial charge in [0, 0.05) is 37.4 Å². The second kappa shape index (κ2) is 13.2. The van der Waals surface area contributed by atoms with Crippen LogP contribution in [0.2, 0.25) is 0 Å². The van der Waals surface area contributed by atoms with E-state index in [4.69, 9.17) is 9.47 Å². The number of nitrogens with zero attached hydrogens (tertiary/aromatic N) is 2. The van der Waals surface area contributed by atoms with E-state index in [2.05, 4.69) is 10.2 Å². The number of benzene rings is 2. The molecule has 0 radical (unpaired) electrons. The van der Waals surface area contributed by atoms with Crippen molar-refractivity contribution in [2.45, 2.75) is 45.1 Å². The minimum Gasteiger partial charge on any atom is -0.497 e. The molecular formula is C29H39N3O6. The number of nitrogens with one attached hydrogen (secondary N) is 1. The molecular weight excluding hydrogens is 486 g/mol. The number of piperidine rings is 1. The highest BCUT2D eigenvalue weighted by molar-refractivity contribution is 5.81. The van der Waals surface area contributed by atoms with Crippen LogP contribution in [0.3, 0.4) is 0 Å². The van der Waals surface area contributed by atoms with Crippen LogP contribution in [-0.4, -0.2) is 74.2 Å². The Kier molecular flexibility index (Phi) is 9.98. The molecule has 0 saturated carbocycles. The van der Waals surface area contributed by atoms with Crippen molar-refractivity contribution in [2.75, 3.05) is 45.3 Å². The third kappa shape index (κ3) is 7.18. The fourth-order valence-electron chi connectivity index (χ4n) is 4.81. The highest BCUT2D eigenvalue weighted by atomic mass is 16.5. The molecule has 0 bridgehead atoms. The van der Waals surface area contributed by atoms with E-state index in [0.29, 0.717) is 56.8 Å². The van der Waals surface area contributed by atoms with Gasteiger partial charge in [-0.25, -0.2) is 4.79 Å². The lowest BCUT2D eigenvalue weighted by atomic mass is 9.86. The summed E-state index contributed by atoms with van der Waals surface area (Å²) in [5.74, 6) is 0.648. The van der Waals surface area contributed by atoms with E-state index in [9.17, 15) is 19.5 Å². The smallest absolute Gasteiger partial charge is 0.318 e. The number of carboxylic acid groups (broad SMARTS) is 1. The number of methoxy groups -OCH3 is 2. The molecule has 0 aromatic heterocycles. The second-order valence-corrected chi connectivity index (χ2v) is 10.1. The molecule has 2 amide bonds. The van der Waals surface area contributed by atoms with Crippen molar-refractivity contribution in [3.8, 4) is 11.5 Å². The van der Waals surface area contributed by atoms with Crippen LogP contribution in [0.1, 0.15) is 37.8 Å². The van der Waals surface area contributed by atoms with Crippen LogP contribution in [0.15, 0.2) is 42.5 Å². The van der Waals surface area contributed by atoms with Crippen molar-refractivity contribution >= 4 is 24.0 Å². The SMILES string of the molecule is COc1ccc(CCN(C(=O)NCC(C)C)C2(C=O)CCN(c3ccc(OC)c(CC(=O)O)c3)CC2)cc1. The number of anilines is 1. The Balaban J connectivity index is 1.78. The number of rotatable bonds is 12. The van der Waals surface area contributed by atoms with Gasteiger partial charge in [-0.05, 0) is 61.1 Å². The molecule has 3 rings (SSSR count). The topological polar surface area (TPSA) is 108 Å². The van der Waals surface area contributed by atoms with Gasteiger partial charge in [-0.2, -0.15) is 0 Å². The maximum absolute atomic E-state index is 13.4. The highest BCUT2D eigenvalue weighted by Crippen LogP contribution is 2.33. The molecule has 206 valence electrons. The maximum atomic E-state index is 13.4. The van der Waals surface area contributed by atoms with Crippen LogP contribution in [0, 0.1) is 5.92 Å². The maximum Gasteiger partial charge on any atom is 0.318 e. The minimum absolute atomic E-state index is 0.141. The molecule has 2 N–H and O–H groups in total. The first-order valence-corrected chi connectivity index (χ1v) is 13.0. The Labute approximate surface area is 224 Å². The van der Waals surface area contributed by atoms with Gasteiger partial charge < -0.3 is 34.5 Å². The summed E-state index contributed by atoms with van der Waals surface area (Å²) >= 11 is 0. The van der Waals surface area contributed by atoms with Crippen molar-refractivity contribution in [3.05, 3.63) is 53.6 Å². The Morgan fingerprint density at radius 1 is 1.11 bits per heavy atom. The third-order valence-corrected chi connectivity index (χ3v) is 7.05. The van der Waals surface area contributed by atoms with Gasteiger partial charge in [0.25, 0.3) is 0 Å². The fraction of sp³-hybridized carbons (Fsp3) is 0.483. The lowest BCUT2D eigenvalue weighted by molar-refractivity contribution is -0.136. The minimum atomic E-state index is -0.932. The van der Waals surface area contributed by atoms with E-state index < -0.39 is 11.5 Å². The number of hydrogen-bond donors (Lipinski definition) is 2. The number of amides is 2. The van der Waals surface area contributed by atoms with Gasteiger partial charge in [-0.1, -0.05) is 26.0 Å². The Morgan fingerprint density at radius 2 is 1.79 bits per heavy atom. The first-order chi connectivity index (χ1) is 18.2. The lowest BCUT2D eigenvalue weighted by Crippen LogP contribution is -2.61. The zero-order valence-electron chi connectivity index (χ0n) is 22.7. The molecule has 9 nitrogen and oxygen atoms in total. The molecule has 1 saturated heterocycles. The largest absolute Gasteiger partial charge is 0.497 e. The molecule has 0 unspecified atom stereocenters. The zero-order valence-corrected chi connectivity index (χ0v) is 22.7. The van der Waals surface area contributed by atoms with Crippen LogP contribution >= 0.6 is 0 Å². The summed E-state index contributed by atoms with van der Waals surface area (Å²) in [5, 5.41) is 12.3. The molecule has 0 aliphatic carbocycles. The summed E-state index contributed by atoms with van der Waals surface area (Å²) in [6.45, 7) is 6.09. The predicted molar refractivity (Wildman–Crippen MR) is 146 cm³/mol. The molecule has 2 aromatic carbocycles. The molecule has 2 aromatic rings.